The molecule has 1 aromatic rings. The molecule has 0 aliphatic carbocycles. The van der Waals surface area contributed by atoms with Gasteiger partial charge in [-0.3, -0.25) is 0 Å². The predicted molar refractivity (Wildman–Crippen MR) is 61.9 cm³/mol. The number of nitrogens with zero attached hydrogens (tertiary/aromatic N) is 1. The minimum absolute atomic E-state index is 0.525. The van der Waals surface area contributed by atoms with Crippen LogP contribution in [-0.2, 0) is 0 Å². The normalized spacial score (nSPS) is 13.0. The lowest BCUT2D eigenvalue weighted by molar-refractivity contribution is 0.584. The smallest absolute Gasteiger partial charge is 0.0965 e. The van der Waals surface area contributed by atoms with E-state index < -0.39 is 0 Å². The van der Waals surface area contributed by atoms with E-state index in [1.165, 1.54) is 5.01 Å². The molecular formula is C10H19N3S. The van der Waals surface area contributed by atoms with Crippen molar-refractivity contribution in [2.75, 3.05) is 26.2 Å². The van der Waals surface area contributed by atoms with E-state index in [9.17, 15) is 0 Å². The Hall–Kier alpha value is -0.450. The summed E-state index contributed by atoms with van der Waals surface area (Å²) in [4.78, 5) is 4.29. The van der Waals surface area contributed by atoms with Crippen LogP contribution in [0, 0.1) is 0 Å². The summed E-state index contributed by atoms with van der Waals surface area (Å²) in [7, 11) is 0. The number of hydrogen-bond donors (Lipinski definition) is 2. The Labute approximate surface area is 89.9 Å². The maximum absolute atomic E-state index is 4.29. The molecule has 0 aliphatic heterocycles. The molecular weight excluding hydrogens is 194 g/mol. The quantitative estimate of drug-likeness (QED) is 0.673. The molecule has 3 nitrogen and oxygen atoms in total. The molecule has 14 heavy (non-hydrogen) atoms. The predicted octanol–water partition coefficient (Wildman–Crippen LogP) is 1.45. The third-order valence-corrected chi connectivity index (χ3v) is 3.06. The van der Waals surface area contributed by atoms with Gasteiger partial charge in [0.05, 0.1) is 5.01 Å². The van der Waals surface area contributed by atoms with Crippen molar-refractivity contribution in [2.24, 2.45) is 0 Å². The standard InChI is InChI=1S/C10H19N3S/c1-3-11-4-5-12-8-9(2)10-13-6-7-14-10/h6-7,9,11-12H,3-5,8H2,1-2H3. The molecule has 1 heterocycles. The van der Waals surface area contributed by atoms with Crippen LogP contribution in [0.15, 0.2) is 11.6 Å². The third kappa shape index (κ3) is 4.17. The Morgan fingerprint density at radius 2 is 2.21 bits per heavy atom. The molecule has 4 heteroatoms. The molecule has 1 atom stereocenters. The maximum Gasteiger partial charge on any atom is 0.0965 e. The van der Waals surface area contributed by atoms with Crippen LogP contribution in [0.4, 0.5) is 0 Å². The molecule has 0 aromatic carbocycles. The summed E-state index contributed by atoms with van der Waals surface area (Å²) < 4.78 is 0. The molecule has 2 N–H and O–H groups in total. The van der Waals surface area contributed by atoms with Crippen molar-refractivity contribution in [1.82, 2.24) is 15.6 Å². The number of thiazole rings is 1. The van der Waals surface area contributed by atoms with Crippen LogP contribution in [-0.4, -0.2) is 31.2 Å². The van der Waals surface area contributed by atoms with Gasteiger partial charge in [0.25, 0.3) is 0 Å². The van der Waals surface area contributed by atoms with Gasteiger partial charge < -0.3 is 10.6 Å². The number of aromatic nitrogens is 1. The van der Waals surface area contributed by atoms with Gasteiger partial charge in [0, 0.05) is 37.1 Å². The van der Waals surface area contributed by atoms with Gasteiger partial charge in [-0.2, -0.15) is 0 Å². The molecule has 0 fully saturated rings. The van der Waals surface area contributed by atoms with Crippen molar-refractivity contribution in [1.29, 1.82) is 0 Å². The van der Waals surface area contributed by atoms with Crippen molar-refractivity contribution in [3.8, 4) is 0 Å². The first-order valence-corrected chi connectivity index (χ1v) is 6.03. The Morgan fingerprint density at radius 3 is 2.86 bits per heavy atom. The molecule has 0 amide bonds. The zero-order valence-electron chi connectivity index (χ0n) is 8.92. The van der Waals surface area contributed by atoms with Crippen molar-refractivity contribution in [3.63, 3.8) is 0 Å². The van der Waals surface area contributed by atoms with Crippen LogP contribution in [0.2, 0.25) is 0 Å². The molecule has 0 bridgehead atoms. The van der Waals surface area contributed by atoms with Gasteiger partial charge >= 0.3 is 0 Å². The topological polar surface area (TPSA) is 37.0 Å². The molecule has 1 aromatic heterocycles. The Balaban J connectivity index is 2.07. The van der Waals surface area contributed by atoms with Gasteiger partial charge in [-0.25, -0.2) is 4.98 Å². The fraction of sp³-hybridized carbons (Fsp3) is 0.700. The SMILES string of the molecule is CCNCCNCC(C)c1nccs1. The summed E-state index contributed by atoms with van der Waals surface area (Å²) in [5, 5.41) is 9.95. The first kappa shape index (κ1) is 11.6. The fourth-order valence-electron chi connectivity index (χ4n) is 1.24. The van der Waals surface area contributed by atoms with E-state index >= 15 is 0 Å². The lowest BCUT2D eigenvalue weighted by atomic mass is 10.2. The monoisotopic (exact) mass is 213 g/mol. The van der Waals surface area contributed by atoms with Crippen LogP contribution in [0.3, 0.4) is 0 Å². The molecule has 0 saturated heterocycles. The summed E-state index contributed by atoms with van der Waals surface area (Å²) in [6.07, 6.45) is 1.87. The Morgan fingerprint density at radius 1 is 1.43 bits per heavy atom. The summed E-state index contributed by atoms with van der Waals surface area (Å²) in [6.45, 7) is 8.46. The van der Waals surface area contributed by atoms with Crippen LogP contribution >= 0.6 is 11.3 Å². The van der Waals surface area contributed by atoms with Crippen molar-refractivity contribution >= 4 is 11.3 Å². The average Bonchev–Trinajstić information content (AvgIpc) is 2.70. The summed E-state index contributed by atoms with van der Waals surface area (Å²) in [6, 6.07) is 0. The summed E-state index contributed by atoms with van der Waals surface area (Å²) in [5.41, 5.74) is 0. The summed E-state index contributed by atoms with van der Waals surface area (Å²) in [5.74, 6) is 0.525. The number of hydrogen-bond acceptors (Lipinski definition) is 4. The van der Waals surface area contributed by atoms with E-state index in [-0.39, 0.29) is 0 Å². The zero-order chi connectivity index (χ0) is 10.2. The first-order valence-electron chi connectivity index (χ1n) is 5.15. The molecule has 1 unspecified atom stereocenters. The highest BCUT2D eigenvalue weighted by atomic mass is 32.1. The van der Waals surface area contributed by atoms with Crippen LogP contribution in [0.25, 0.3) is 0 Å². The molecule has 0 radical (unpaired) electrons. The van der Waals surface area contributed by atoms with Gasteiger partial charge in [0.15, 0.2) is 0 Å². The van der Waals surface area contributed by atoms with Crippen molar-refractivity contribution in [3.05, 3.63) is 16.6 Å². The summed E-state index contributed by atoms with van der Waals surface area (Å²) >= 11 is 1.73. The van der Waals surface area contributed by atoms with Crippen LogP contribution in [0.5, 0.6) is 0 Å². The van der Waals surface area contributed by atoms with Gasteiger partial charge in [-0.15, -0.1) is 11.3 Å². The highest BCUT2D eigenvalue weighted by Gasteiger charge is 2.06. The third-order valence-electron chi connectivity index (χ3n) is 2.05. The Bertz CT molecular complexity index is 223. The average molecular weight is 213 g/mol. The number of likely N-dealkylation sites (N-methyl/N-ethyl adjacent to an activating group) is 1. The van der Waals surface area contributed by atoms with E-state index in [1.54, 1.807) is 11.3 Å². The highest BCUT2D eigenvalue weighted by molar-refractivity contribution is 7.09. The van der Waals surface area contributed by atoms with Crippen LogP contribution in [0.1, 0.15) is 24.8 Å². The van der Waals surface area contributed by atoms with E-state index in [0.717, 1.165) is 26.2 Å². The fourth-order valence-corrected chi connectivity index (χ4v) is 1.94. The molecule has 80 valence electrons. The Kier molecular flexibility index (Phi) is 5.75. The lowest BCUT2D eigenvalue weighted by Gasteiger charge is -2.09. The second-order valence-corrected chi connectivity index (χ2v) is 4.26. The largest absolute Gasteiger partial charge is 0.316 e. The maximum atomic E-state index is 4.29. The first-order chi connectivity index (χ1) is 6.84. The van der Waals surface area contributed by atoms with Gasteiger partial charge in [0.2, 0.25) is 0 Å². The molecule has 0 spiro atoms. The zero-order valence-corrected chi connectivity index (χ0v) is 9.73. The molecule has 1 rings (SSSR count). The van der Waals surface area contributed by atoms with E-state index in [0.29, 0.717) is 5.92 Å². The second kappa shape index (κ2) is 6.92. The van der Waals surface area contributed by atoms with Gasteiger partial charge in [-0.05, 0) is 6.54 Å². The van der Waals surface area contributed by atoms with E-state index in [2.05, 4.69) is 29.5 Å². The highest BCUT2D eigenvalue weighted by Crippen LogP contribution is 2.15. The van der Waals surface area contributed by atoms with Crippen molar-refractivity contribution < 1.29 is 0 Å². The van der Waals surface area contributed by atoms with Crippen molar-refractivity contribution in [2.45, 2.75) is 19.8 Å². The lowest BCUT2D eigenvalue weighted by Crippen LogP contribution is -2.29. The minimum Gasteiger partial charge on any atom is -0.316 e. The van der Waals surface area contributed by atoms with Gasteiger partial charge in [-0.1, -0.05) is 13.8 Å². The number of rotatable bonds is 7. The molecule has 0 aliphatic rings. The van der Waals surface area contributed by atoms with E-state index in [1.807, 2.05) is 11.6 Å². The second-order valence-electron chi connectivity index (χ2n) is 3.33. The van der Waals surface area contributed by atoms with E-state index in [4.69, 9.17) is 0 Å². The van der Waals surface area contributed by atoms with Gasteiger partial charge in [0.1, 0.15) is 0 Å². The minimum atomic E-state index is 0.525. The molecule has 0 saturated carbocycles. The van der Waals surface area contributed by atoms with Crippen LogP contribution < -0.4 is 10.6 Å². The number of nitrogens with one attached hydrogen (secondary N) is 2.